The van der Waals surface area contributed by atoms with Crippen LogP contribution in [0.4, 0.5) is 0 Å². The van der Waals surface area contributed by atoms with Gasteiger partial charge in [-0.15, -0.1) is 0 Å². The molecule has 0 saturated heterocycles. The third-order valence-electron chi connectivity index (χ3n) is 1.83. The predicted octanol–water partition coefficient (Wildman–Crippen LogP) is 0.466. The molecule has 0 saturated carbocycles. The summed E-state index contributed by atoms with van der Waals surface area (Å²) in [7, 11) is 0. The molecule has 2 N–H and O–H groups in total. The van der Waals surface area contributed by atoms with Gasteiger partial charge in [-0.25, -0.2) is 14.8 Å². The Morgan fingerprint density at radius 2 is 2.29 bits per heavy atom. The van der Waals surface area contributed by atoms with Crippen molar-refractivity contribution in [2.24, 2.45) is 0 Å². The molecule has 0 aliphatic carbocycles. The van der Waals surface area contributed by atoms with E-state index in [1.165, 1.54) is 18.7 Å². The van der Waals surface area contributed by atoms with Crippen LogP contribution in [0, 0.1) is 6.92 Å². The summed E-state index contributed by atoms with van der Waals surface area (Å²) >= 11 is 1.20. The second-order valence-corrected chi connectivity index (χ2v) is 4.37. The monoisotopic (exact) mass is 255 g/mol. The van der Waals surface area contributed by atoms with Crippen LogP contribution in [0.15, 0.2) is 17.4 Å². The van der Waals surface area contributed by atoms with Gasteiger partial charge in [-0.3, -0.25) is 4.79 Å². The van der Waals surface area contributed by atoms with Crippen molar-refractivity contribution < 1.29 is 14.7 Å². The molecule has 0 aliphatic rings. The number of rotatable bonds is 5. The first-order valence-electron chi connectivity index (χ1n) is 4.91. The highest BCUT2D eigenvalue weighted by Crippen LogP contribution is 2.13. The van der Waals surface area contributed by atoms with Crippen molar-refractivity contribution in [1.29, 1.82) is 0 Å². The number of carboxylic acids is 1. The van der Waals surface area contributed by atoms with Crippen molar-refractivity contribution in [3.8, 4) is 0 Å². The van der Waals surface area contributed by atoms with E-state index in [2.05, 4.69) is 15.3 Å². The number of carboxylic acid groups (broad SMARTS) is 1. The van der Waals surface area contributed by atoms with Crippen LogP contribution in [-0.2, 0) is 9.59 Å². The van der Waals surface area contributed by atoms with Crippen LogP contribution in [0.5, 0.6) is 0 Å². The number of aromatic nitrogens is 2. The zero-order chi connectivity index (χ0) is 12.8. The Morgan fingerprint density at radius 1 is 1.59 bits per heavy atom. The van der Waals surface area contributed by atoms with Gasteiger partial charge in [0.2, 0.25) is 5.91 Å². The standard InChI is InChI=1S/C10H13N3O3S/c1-6-3-4-11-10(12-6)17-5-8(9(15)16)13-7(2)14/h3-4,8H,5H2,1-2H3,(H,13,14)(H,15,16). The molecule has 0 aliphatic heterocycles. The van der Waals surface area contributed by atoms with Crippen LogP contribution in [-0.4, -0.2) is 38.7 Å². The molecule has 0 aromatic carbocycles. The summed E-state index contributed by atoms with van der Waals surface area (Å²) < 4.78 is 0. The van der Waals surface area contributed by atoms with Gasteiger partial charge in [-0.05, 0) is 13.0 Å². The van der Waals surface area contributed by atoms with Gasteiger partial charge in [0.05, 0.1) is 0 Å². The summed E-state index contributed by atoms with van der Waals surface area (Å²) in [5.41, 5.74) is 0.814. The largest absolute Gasteiger partial charge is 0.480 e. The van der Waals surface area contributed by atoms with Gasteiger partial charge in [0.1, 0.15) is 6.04 Å². The zero-order valence-corrected chi connectivity index (χ0v) is 10.3. The first-order valence-corrected chi connectivity index (χ1v) is 5.90. The normalized spacial score (nSPS) is 11.9. The molecule has 6 nitrogen and oxygen atoms in total. The second kappa shape index (κ2) is 6.19. The third kappa shape index (κ3) is 4.81. The molecule has 1 rings (SSSR count). The fourth-order valence-corrected chi connectivity index (χ4v) is 1.96. The minimum absolute atomic E-state index is 0.193. The lowest BCUT2D eigenvalue weighted by Crippen LogP contribution is -2.41. The zero-order valence-electron chi connectivity index (χ0n) is 9.51. The van der Waals surface area contributed by atoms with Crippen LogP contribution in [0.2, 0.25) is 0 Å². The fourth-order valence-electron chi connectivity index (χ4n) is 1.07. The SMILES string of the molecule is CC(=O)NC(CSc1nccc(C)n1)C(=O)O. The summed E-state index contributed by atoms with van der Waals surface area (Å²) in [4.78, 5) is 29.8. The number of hydrogen-bond acceptors (Lipinski definition) is 5. The molecule has 7 heteroatoms. The van der Waals surface area contributed by atoms with Crippen LogP contribution in [0.3, 0.4) is 0 Å². The van der Waals surface area contributed by atoms with Crippen molar-refractivity contribution in [3.63, 3.8) is 0 Å². The highest BCUT2D eigenvalue weighted by atomic mass is 32.2. The van der Waals surface area contributed by atoms with Gasteiger partial charge in [0, 0.05) is 24.6 Å². The Bertz CT molecular complexity index is 425. The lowest BCUT2D eigenvalue weighted by atomic mass is 10.3. The van der Waals surface area contributed by atoms with Crippen LogP contribution in [0.25, 0.3) is 0 Å². The minimum Gasteiger partial charge on any atom is -0.480 e. The predicted molar refractivity (Wildman–Crippen MR) is 62.7 cm³/mol. The molecule has 17 heavy (non-hydrogen) atoms. The number of nitrogens with zero attached hydrogens (tertiary/aromatic N) is 2. The Balaban J connectivity index is 2.57. The van der Waals surface area contributed by atoms with Gasteiger partial charge < -0.3 is 10.4 Å². The Kier molecular flexibility index (Phi) is 4.89. The highest BCUT2D eigenvalue weighted by molar-refractivity contribution is 7.99. The van der Waals surface area contributed by atoms with E-state index in [0.29, 0.717) is 5.16 Å². The summed E-state index contributed by atoms with van der Waals surface area (Å²) in [6.45, 7) is 3.11. The summed E-state index contributed by atoms with van der Waals surface area (Å²) in [5.74, 6) is -1.25. The van der Waals surface area contributed by atoms with Crippen LogP contribution >= 0.6 is 11.8 Å². The molecule has 0 spiro atoms. The molecule has 0 radical (unpaired) electrons. The molecule has 1 aromatic rings. The number of nitrogens with one attached hydrogen (secondary N) is 1. The van der Waals surface area contributed by atoms with Crippen molar-refractivity contribution in [3.05, 3.63) is 18.0 Å². The third-order valence-corrected chi connectivity index (χ3v) is 2.78. The summed E-state index contributed by atoms with van der Waals surface area (Å²) in [6, 6.07) is 0.827. The van der Waals surface area contributed by atoms with Crippen molar-refractivity contribution in [1.82, 2.24) is 15.3 Å². The Hall–Kier alpha value is -1.63. The minimum atomic E-state index is -1.07. The molecular formula is C10H13N3O3S. The van der Waals surface area contributed by atoms with E-state index >= 15 is 0 Å². The number of aliphatic carboxylic acids is 1. The van der Waals surface area contributed by atoms with Gasteiger partial charge in [0.25, 0.3) is 0 Å². The fraction of sp³-hybridized carbons (Fsp3) is 0.400. The smallest absolute Gasteiger partial charge is 0.327 e. The molecule has 1 amide bonds. The molecule has 1 unspecified atom stereocenters. The summed E-state index contributed by atoms with van der Waals surface area (Å²) in [6.07, 6.45) is 1.61. The second-order valence-electron chi connectivity index (χ2n) is 3.38. The lowest BCUT2D eigenvalue weighted by molar-refractivity contribution is -0.140. The number of aryl methyl sites for hydroxylation is 1. The maximum Gasteiger partial charge on any atom is 0.327 e. The molecule has 1 aromatic heterocycles. The Labute approximate surface area is 103 Å². The lowest BCUT2D eigenvalue weighted by Gasteiger charge is -2.11. The van der Waals surface area contributed by atoms with Gasteiger partial charge in [0.15, 0.2) is 5.16 Å². The quantitative estimate of drug-likeness (QED) is 0.587. The van der Waals surface area contributed by atoms with E-state index < -0.39 is 12.0 Å². The van der Waals surface area contributed by atoms with Gasteiger partial charge in [-0.2, -0.15) is 0 Å². The van der Waals surface area contributed by atoms with Crippen LogP contribution < -0.4 is 5.32 Å². The van der Waals surface area contributed by atoms with Crippen molar-refractivity contribution in [2.75, 3.05) is 5.75 Å². The topological polar surface area (TPSA) is 92.2 Å². The maximum atomic E-state index is 10.9. The molecule has 1 atom stereocenters. The van der Waals surface area contributed by atoms with E-state index in [1.54, 1.807) is 12.3 Å². The van der Waals surface area contributed by atoms with E-state index in [0.717, 1.165) is 5.69 Å². The van der Waals surface area contributed by atoms with Crippen molar-refractivity contribution in [2.45, 2.75) is 25.0 Å². The average Bonchev–Trinajstić information content (AvgIpc) is 2.23. The summed E-state index contributed by atoms with van der Waals surface area (Å²) in [5, 5.41) is 11.7. The van der Waals surface area contributed by atoms with E-state index in [9.17, 15) is 9.59 Å². The van der Waals surface area contributed by atoms with E-state index in [4.69, 9.17) is 5.11 Å². The average molecular weight is 255 g/mol. The number of thioether (sulfide) groups is 1. The number of hydrogen-bond donors (Lipinski definition) is 2. The molecule has 92 valence electrons. The highest BCUT2D eigenvalue weighted by Gasteiger charge is 2.18. The number of amides is 1. The molecule has 0 fully saturated rings. The van der Waals surface area contributed by atoms with Gasteiger partial charge >= 0.3 is 5.97 Å². The maximum absolute atomic E-state index is 10.9. The van der Waals surface area contributed by atoms with Crippen LogP contribution in [0.1, 0.15) is 12.6 Å². The van der Waals surface area contributed by atoms with Gasteiger partial charge in [-0.1, -0.05) is 11.8 Å². The van der Waals surface area contributed by atoms with E-state index in [1.807, 2.05) is 6.92 Å². The number of carbonyl (C=O) groups excluding carboxylic acids is 1. The van der Waals surface area contributed by atoms with E-state index in [-0.39, 0.29) is 11.7 Å². The first kappa shape index (κ1) is 13.4. The molecule has 0 bridgehead atoms. The molecular weight excluding hydrogens is 242 g/mol. The number of carbonyl (C=O) groups is 2. The van der Waals surface area contributed by atoms with Crippen molar-refractivity contribution >= 4 is 23.6 Å². The molecule has 1 heterocycles. The first-order chi connectivity index (χ1) is 7.99. The Morgan fingerprint density at radius 3 is 2.82 bits per heavy atom.